The zero-order valence-corrected chi connectivity index (χ0v) is 11.8. The first-order chi connectivity index (χ1) is 9.40. The fourth-order valence-corrected chi connectivity index (χ4v) is 2.65. The molecule has 1 aromatic rings. The van der Waals surface area contributed by atoms with Gasteiger partial charge in [0.25, 0.3) is 5.91 Å². The highest BCUT2D eigenvalue weighted by molar-refractivity contribution is 5.93. The minimum Gasteiger partial charge on any atom is -0.478 e. The Hall–Kier alpha value is -1.91. The standard InChI is InChI=1S/C15H20N2O3/c1-15(2)8-4-3-5-12(15)17-13(18)11-7-6-10(9-16-11)14(19)20/h6-7,9,12H,3-5,8H2,1-2H3,(H,17,18)(H,19,20). The van der Waals surface area contributed by atoms with Crippen LogP contribution in [-0.4, -0.2) is 28.0 Å². The van der Waals surface area contributed by atoms with Crippen molar-refractivity contribution in [2.24, 2.45) is 5.41 Å². The number of carbonyl (C=O) groups is 2. The Morgan fingerprint density at radius 2 is 2.10 bits per heavy atom. The maximum absolute atomic E-state index is 12.2. The van der Waals surface area contributed by atoms with E-state index in [-0.39, 0.29) is 28.6 Å². The van der Waals surface area contributed by atoms with Crippen molar-refractivity contribution < 1.29 is 14.7 Å². The van der Waals surface area contributed by atoms with Gasteiger partial charge in [-0.3, -0.25) is 9.78 Å². The Morgan fingerprint density at radius 3 is 2.65 bits per heavy atom. The number of aromatic nitrogens is 1. The Kier molecular flexibility index (Phi) is 4.06. The Labute approximate surface area is 118 Å². The largest absolute Gasteiger partial charge is 0.478 e. The number of carboxylic acids is 1. The van der Waals surface area contributed by atoms with Gasteiger partial charge in [0.2, 0.25) is 0 Å². The summed E-state index contributed by atoms with van der Waals surface area (Å²) in [4.78, 5) is 26.8. The van der Waals surface area contributed by atoms with Gasteiger partial charge in [0.05, 0.1) is 5.56 Å². The number of rotatable bonds is 3. The van der Waals surface area contributed by atoms with E-state index in [1.54, 1.807) is 0 Å². The van der Waals surface area contributed by atoms with Crippen LogP contribution in [0.25, 0.3) is 0 Å². The van der Waals surface area contributed by atoms with Crippen LogP contribution < -0.4 is 5.32 Å². The summed E-state index contributed by atoms with van der Waals surface area (Å²) >= 11 is 0. The first-order valence-electron chi connectivity index (χ1n) is 6.90. The SMILES string of the molecule is CC1(C)CCCCC1NC(=O)c1ccc(C(=O)O)cn1. The van der Waals surface area contributed by atoms with Crippen molar-refractivity contribution in [1.82, 2.24) is 10.3 Å². The summed E-state index contributed by atoms with van der Waals surface area (Å²) < 4.78 is 0. The Bertz CT molecular complexity index is 508. The number of amides is 1. The number of aromatic carboxylic acids is 1. The highest BCUT2D eigenvalue weighted by Crippen LogP contribution is 2.35. The van der Waals surface area contributed by atoms with Crippen molar-refractivity contribution in [3.63, 3.8) is 0 Å². The number of carbonyl (C=O) groups excluding carboxylic acids is 1. The van der Waals surface area contributed by atoms with Crippen LogP contribution in [0.3, 0.4) is 0 Å². The molecule has 1 amide bonds. The molecule has 5 nitrogen and oxygen atoms in total. The lowest BCUT2D eigenvalue weighted by molar-refractivity contribution is 0.0695. The molecular weight excluding hydrogens is 256 g/mol. The third kappa shape index (κ3) is 3.15. The third-order valence-electron chi connectivity index (χ3n) is 4.06. The fourth-order valence-electron chi connectivity index (χ4n) is 2.65. The number of pyridine rings is 1. The summed E-state index contributed by atoms with van der Waals surface area (Å²) in [6, 6.07) is 3.00. The van der Waals surface area contributed by atoms with Gasteiger partial charge in [0, 0.05) is 12.2 Å². The van der Waals surface area contributed by atoms with Crippen LogP contribution in [0, 0.1) is 5.41 Å². The van der Waals surface area contributed by atoms with Gasteiger partial charge in [-0.25, -0.2) is 4.79 Å². The molecule has 1 atom stereocenters. The van der Waals surface area contributed by atoms with Crippen molar-refractivity contribution in [2.45, 2.75) is 45.6 Å². The van der Waals surface area contributed by atoms with E-state index in [2.05, 4.69) is 24.1 Å². The molecule has 0 aromatic carbocycles. The topological polar surface area (TPSA) is 79.3 Å². The summed E-state index contributed by atoms with van der Waals surface area (Å²) in [5.41, 5.74) is 0.436. The fraction of sp³-hybridized carbons (Fsp3) is 0.533. The van der Waals surface area contributed by atoms with E-state index in [4.69, 9.17) is 5.11 Å². The number of hydrogen-bond acceptors (Lipinski definition) is 3. The average Bonchev–Trinajstić information content (AvgIpc) is 2.41. The molecule has 1 aliphatic rings. The predicted octanol–water partition coefficient (Wildman–Crippen LogP) is 2.48. The molecule has 1 heterocycles. The summed E-state index contributed by atoms with van der Waals surface area (Å²) in [5, 5.41) is 11.8. The molecule has 1 aliphatic carbocycles. The first-order valence-corrected chi connectivity index (χ1v) is 6.90. The summed E-state index contributed by atoms with van der Waals surface area (Å²) in [6.45, 7) is 4.33. The van der Waals surface area contributed by atoms with Gasteiger partial charge in [-0.05, 0) is 30.4 Å². The zero-order valence-electron chi connectivity index (χ0n) is 11.8. The van der Waals surface area contributed by atoms with E-state index in [1.165, 1.54) is 24.8 Å². The second-order valence-corrected chi connectivity index (χ2v) is 6.00. The number of carboxylic acid groups (broad SMARTS) is 1. The number of hydrogen-bond donors (Lipinski definition) is 2. The van der Waals surface area contributed by atoms with E-state index < -0.39 is 5.97 Å². The number of nitrogens with zero attached hydrogens (tertiary/aromatic N) is 1. The first kappa shape index (κ1) is 14.5. The molecule has 5 heteroatoms. The van der Waals surface area contributed by atoms with E-state index in [0.717, 1.165) is 19.3 Å². The normalized spacial score (nSPS) is 21.2. The van der Waals surface area contributed by atoms with E-state index in [9.17, 15) is 9.59 Å². The van der Waals surface area contributed by atoms with Crippen molar-refractivity contribution in [2.75, 3.05) is 0 Å². The average molecular weight is 276 g/mol. The zero-order chi connectivity index (χ0) is 14.8. The van der Waals surface area contributed by atoms with Gasteiger partial charge in [-0.15, -0.1) is 0 Å². The lowest BCUT2D eigenvalue weighted by Gasteiger charge is -2.38. The minimum absolute atomic E-state index is 0.0829. The molecular formula is C15H20N2O3. The Morgan fingerprint density at radius 1 is 1.35 bits per heavy atom. The molecule has 1 unspecified atom stereocenters. The second-order valence-electron chi connectivity index (χ2n) is 6.00. The molecule has 2 N–H and O–H groups in total. The van der Waals surface area contributed by atoms with Gasteiger partial charge in [0.1, 0.15) is 5.69 Å². The molecule has 20 heavy (non-hydrogen) atoms. The molecule has 0 aliphatic heterocycles. The van der Waals surface area contributed by atoms with Crippen molar-refractivity contribution >= 4 is 11.9 Å². The molecule has 2 rings (SSSR count). The van der Waals surface area contributed by atoms with E-state index in [0.29, 0.717) is 0 Å². The molecule has 0 bridgehead atoms. The van der Waals surface area contributed by atoms with Crippen LogP contribution in [0.1, 0.15) is 60.4 Å². The maximum Gasteiger partial charge on any atom is 0.337 e. The maximum atomic E-state index is 12.2. The van der Waals surface area contributed by atoms with Crippen molar-refractivity contribution in [1.29, 1.82) is 0 Å². The van der Waals surface area contributed by atoms with Gasteiger partial charge < -0.3 is 10.4 Å². The molecule has 0 radical (unpaired) electrons. The lowest BCUT2D eigenvalue weighted by atomic mass is 9.73. The van der Waals surface area contributed by atoms with E-state index >= 15 is 0 Å². The third-order valence-corrected chi connectivity index (χ3v) is 4.06. The summed E-state index contributed by atoms with van der Waals surface area (Å²) in [7, 11) is 0. The van der Waals surface area contributed by atoms with Gasteiger partial charge in [-0.2, -0.15) is 0 Å². The summed E-state index contributed by atoms with van der Waals surface area (Å²) in [6.07, 6.45) is 5.61. The van der Waals surface area contributed by atoms with Crippen molar-refractivity contribution in [3.05, 3.63) is 29.6 Å². The quantitative estimate of drug-likeness (QED) is 0.889. The molecule has 0 spiro atoms. The predicted molar refractivity (Wildman–Crippen MR) is 74.7 cm³/mol. The highest BCUT2D eigenvalue weighted by atomic mass is 16.4. The van der Waals surface area contributed by atoms with Crippen LogP contribution in [-0.2, 0) is 0 Å². The van der Waals surface area contributed by atoms with Crippen molar-refractivity contribution in [3.8, 4) is 0 Å². The van der Waals surface area contributed by atoms with Gasteiger partial charge >= 0.3 is 5.97 Å². The monoisotopic (exact) mass is 276 g/mol. The van der Waals surface area contributed by atoms with Crippen LogP contribution in [0.5, 0.6) is 0 Å². The highest BCUT2D eigenvalue weighted by Gasteiger charge is 2.33. The summed E-state index contributed by atoms with van der Waals surface area (Å²) in [5.74, 6) is -1.28. The van der Waals surface area contributed by atoms with Gasteiger partial charge in [0.15, 0.2) is 0 Å². The second kappa shape index (κ2) is 5.61. The lowest BCUT2D eigenvalue weighted by Crippen LogP contribution is -2.47. The Balaban J connectivity index is 2.06. The molecule has 1 aromatic heterocycles. The smallest absolute Gasteiger partial charge is 0.337 e. The molecule has 1 saturated carbocycles. The molecule has 1 fully saturated rings. The minimum atomic E-state index is -1.04. The van der Waals surface area contributed by atoms with Crippen LogP contribution >= 0.6 is 0 Å². The molecule has 0 saturated heterocycles. The number of nitrogens with one attached hydrogen (secondary N) is 1. The van der Waals surface area contributed by atoms with Crippen LogP contribution in [0.2, 0.25) is 0 Å². The van der Waals surface area contributed by atoms with Crippen LogP contribution in [0.15, 0.2) is 18.3 Å². The molecule has 108 valence electrons. The van der Waals surface area contributed by atoms with E-state index in [1.807, 2.05) is 0 Å². The van der Waals surface area contributed by atoms with Gasteiger partial charge in [-0.1, -0.05) is 26.7 Å². The van der Waals surface area contributed by atoms with Crippen LogP contribution in [0.4, 0.5) is 0 Å².